The minimum atomic E-state index is -3.54. The van der Waals surface area contributed by atoms with Crippen molar-refractivity contribution >= 4 is 21.6 Å². The lowest BCUT2D eigenvalue weighted by molar-refractivity contribution is -0.126. The second kappa shape index (κ2) is 9.84. The summed E-state index contributed by atoms with van der Waals surface area (Å²) in [4.78, 5) is 17.2. The molecule has 0 radical (unpaired) electrons. The molecule has 2 heterocycles. The number of pyridine rings is 1. The Morgan fingerprint density at radius 2 is 1.53 bits per heavy atom. The van der Waals surface area contributed by atoms with Crippen LogP contribution in [0.3, 0.4) is 0 Å². The maximum absolute atomic E-state index is 12.8. The highest BCUT2D eigenvalue weighted by Crippen LogP contribution is 2.24. The summed E-state index contributed by atoms with van der Waals surface area (Å²) in [6.45, 7) is 0.598. The number of carbonyl (C=O) groups is 1. The molecule has 4 rings (SSSR count). The van der Waals surface area contributed by atoms with Crippen LogP contribution in [-0.4, -0.2) is 42.4 Å². The van der Waals surface area contributed by atoms with Crippen LogP contribution in [0.5, 0.6) is 0 Å². The first kappa shape index (κ1) is 21.9. The molecule has 1 aromatic heterocycles. The highest BCUT2D eigenvalue weighted by Gasteiger charge is 2.32. The van der Waals surface area contributed by atoms with Gasteiger partial charge in [-0.25, -0.2) is 13.8 Å². The molecule has 0 spiro atoms. The normalized spacial score (nSPS) is 15.9. The van der Waals surface area contributed by atoms with Crippen molar-refractivity contribution in [3.05, 3.63) is 96.3 Å². The van der Waals surface area contributed by atoms with Gasteiger partial charge in [-0.2, -0.15) is 9.41 Å². The Balaban J connectivity index is 1.43. The van der Waals surface area contributed by atoms with E-state index in [0.29, 0.717) is 31.6 Å². The predicted octanol–water partition coefficient (Wildman–Crippen LogP) is 3.05. The molecule has 8 heteroatoms. The van der Waals surface area contributed by atoms with Crippen molar-refractivity contribution in [2.75, 3.05) is 13.1 Å². The molecule has 0 aliphatic carbocycles. The number of nitrogens with one attached hydrogen (secondary N) is 1. The fourth-order valence-electron chi connectivity index (χ4n) is 3.70. The van der Waals surface area contributed by atoms with Crippen LogP contribution in [0.15, 0.2) is 95.2 Å². The van der Waals surface area contributed by atoms with Gasteiger partial charge in [0.25, 0.3) is 0 Å². The Kier molecular flexibility index (Phi) is 6.72. The molecule has 1 amide bonds. The number of hydrogen-bond donors (Lipinski definition) is 1. The zero-order valence-corrected chi connectivity index (χ0v) is 18.3. The summed E-state index contributed by atoms with van der Waals surface area (Å²) in [6, 6.07) is 21.7. The standard InChI is InChI=1S/C24H24N4O3S/c29-24(20-13-16-28(17-14-20)32(30,31)22-11-5-2-6-12-22)27-26-23(19-8-3-1-4-9-19)21-10-7-15-25-18-21/h1-12,15,18,20H,13-14,16-17H2,(H,27,29)/b26-23-. The quantitative estimate of drug-likeness (QED) is 0.463. The van der Waals surface area contributed by atoms with E-state index >= 15 is 0 Å². The zero-order valence-electron chi connectivity index (χ0n) is 17.5. The Hall–Kier alpha value is -3.36. The number of carbonyl (C=O) groups excluding carboxylic acids is 1. The van der Waals surface area contributed by atoms with Crippen LogP contribution >= 0.6 is 0 Å². The largest absolute Gasteiger partial charge is 0.273 e. The van der Waals surface area contributed by atoms with Crippen LogP contribution in [0, 0.1) is 5.92 Å². The van der Waals surface area contributed by atoms with Gasteiger partial charge in [0.2, 0.25) is 15.9 Å². The minimum absolute atomic E-state index is 0.209. The Morgan fingerprint density at radius 1 is 0.906 bits per heavy atom. The fourth-order valence-corrected chi connectivity index (χ4v) is 5.19. The molecule has 3 aromatic rings. The SMILES string of the molecule is O=C(N/N=C(/c1ccccc1)c1cccnc1)C1CCN(S(=O)(=O)c2ccccc2)CC1. The third kappa shape index (κ3) is 4.92. The van der Waals surface area contributed by atoms with Crippen LogP contribution in [-0.2, 0) is 14.8 Å². The zero-order chi connectivity index (χ0) is 22.4. The van der Waals surface area contributed by atoms with Gasteiger partial charge in [-0.1, -0.05) is 48.5 Å². The van der Waals surface area contributed by atoms with Gasteiger partial charge in [-0.3, -0.25) is 9.78 Å². The van der Waals surface area contributed by atoms with Gasteiger partial charge in [0.15, 0.2) is 0 Å². The van der Waals surface area contributed by atoms with E-state index in [1.54, 1.807) is 42.7 Å². The van der Waals surface area contributed by atoms with E-state index in [1.165, 1.54) is 4.31 Å². The van der Waals surface area contributed by atoms with E-state index in [1.807, 2.05) is 42.5 Å². The summed E-state index contributed by atoms with van der Waals surface area (Å²) in [7, 11) is -3.54. The molecule has 1 fully saturated rings. The molecule has 1 aliphatic heterocycles. The molecule has 32 heavy (non-hydrogen) atoms. The van der Waals surface area contributed by atoms with Gasteiger partial charge in [0, 0.05) is 42.5 Å². The summed E-state index contributed by atoms with van der Waals surface area (Å²) in [5, 5.41) is 4.40. The van der Waals surface area contributed by atoms with Gasteiger partial charge < -0.3 is 0 Å². The topological polar surface area (TPSA) is 91.7 Å². The van der Waals surface area contributed by atoms with Gasteiger partial charge in [-0.05, 0) is 37.1 Å². The van der Waals surface area contributed by atoms with E-state index < -0.39 is 10.0 Å². The van der Waals surface area contributed by atoms with Crippen LogP contribution in [0.1, 0.15) is 24.0 Å². The van der Waals surface area contributed by atoms with Crippen molar-refractivity contribution in [1.29, 1.82) is 0 Å². The van der Waals surface area contributed by atoms with Crippen LogP contribution in [0.4, 0.5) is 0 Å². The summed E-state index contributed by atoms with van der Waals surface area (Å²) >= 11 is 0. The highest BCUT2D eigenvalue weighted by molar-refractivity contribution is 7.89. The number of hydrazone groups is 1. The third-order valence-corrected chi connectivity index (χ3v) is 7.38. The number of hydrogen-bond acceptors (Lipinski definition) is 5. The number of rotatable bonds is 6. The number of aromatic nitrogens is 1. The summed E-state index contributed by atoms with van der Waals surface area (Å²) in [6.07, 6.45) is 4.27. The molecule has 1 aliphatic rings. The van der Waals surface area contributed by atoms with E-state index in [-0.39, 0.29) is 16.7 Å². The predicted molar refractivity (Wildman–Crippen MR) is 122 cm³/mol. The molecular weight excluding hydrogens is 424 g/mol. The molecule has 0 unspecified atom stereocenters. The first-order valence-corrected chi connectivity index (χ1v) is 11.9. The van der Waals surface area contributed by atoms with Gasteiger partial charge in [0.1, 0.15) is 0 Å². The Morgan fingerprint density at radius 3 is 2.16 bits per heavy atom. The second-order valence-corrected chi connectivity index (χ2v) is 9.47. The summed E-state index contributed by atoms with van der Waals surface area (Å²) in [5.74, 6) is -0.508. The number of nitrogens with zero attached hydrogens (tertiary/aromatic N) is 3. The van der Waals surface area contributed by atoms with E-state index in [9.17, 15) is 13.2 Å². The number of benzene rings is 2. The average molecular weight is 449 g/mol. The van der Waals surface area contributed by atoms with Gasteiger partial charge in [0.05, 0.1) is 10.6 Å². The number of piperidine rings is 1. The molecule has 2 aromatic carbocycles. The second-order valence-electron chi connectivity index (χ2n) is 7.54. The monoisotopic (exact) mass is 448 g/mol. The number of amides is 1. The van der Waals surface area contributed by atoms with Crippen molar-refractivity contribution in [2.45, 2.75) is 17.7 Å². The van der Waals surface area contributed by atoms with Gasteiger partial charge in [-0.15, -0.1) is 0 Å². The minimum Gasteiger partial charge on any atom is -0.273 e. The molecule has 1 saturated heterocycles. The van der Waals surface area contributed by atoms with Crippen molar-refractivity contribution in [3.63, 3.8) is 0 Å². The average Bonchev–Trinajstić information content (AvgIpc) is 2.86. The van der Waals surface area contributed by atoms with E-state index in [2.05, 4.69) is 15.5 Å². The lowest BCUT2D eigenvalue weighted by Crippen LogP contribution is -2.42. The molecule has 7 nitrogen and oxygen atoms in total. The lowest BCUT2D eigenvalue weighted by Gasteiger charge is -2.30. The molecule has 164 valence electrons. The Bertz CT molecular complexity index is 1130. The van der Waals surface area contributed by atoms with Crippen molar-refractivity contribution in [1.82, 2.24) is 14.7 Å². The Labute approximate surface area is 187 Å². The van der Waals surface area contributed by atoms with Crippen molar-refractivity contribution < 1.29 is 13.2 Å². The molecule has 0 saturated carbocycles. The molecule has 1 N–H and O–H groups in total. The summed E-state index contributed by atoms with van der Waals surface area (Å²) < 4.78 is 27.0. The van der Waals surface area contributed by atoms with E-state index in [4.69, 9.17) is 0 Å². The fraction of sp³-hybridized carbons (Fsp3) is 0.208. The van der Waals surface area contributed by atoms with Crippen LogP contribution in [0.25, 0.3) is 0 Å². The van der Waals surface area contributed by atoms with Gasteiger partial charge >= 0.3 is 0 Å². The van der Waals surface area contributed by atoms with Crippen LogP contribution in [0.2, 0.25) is 0 Å². The molecule has 0 bridgehead atoms. The summed E-state index contributed by atoms with van der Waals surface area (Å²) in [5.41, 5.74) is 4.97. The molecule has 0 atom stereocenters. The highest BCUT2D eigenvalue weighted by atomic mass is 32.2. The first-order valence-electron chi connectivity index (χ1n) is 10.4. The third-order valence-electron chi connectivity index (χ3n) is 5.47. The molecular formula is C24H24N4O3S. The lowest BCUT2D eigenvalue weighted by atomic mass is 9.97. The smallest absolute Gasteiger partial charge is 0.243 e. The maximum atomic E-state index is 12.8. The van der Waals surface area contributed by atoms with E-state index in [0.717, 1.165) is 11.1 Å². The maximum Gasteiger partial charge on any atom is 0.243 e. The van der Waals surface area contributed by atoms with Crippen molar-refractivity contribution in [3.8, 4) is 0 Å². The van der Waals surface area contributed by atoms with Crippen molar-refractivity contribution in [2.24, 2.45) is 11.0 Å². The van der Waals surface area contributed by atoms with Crippen LogP contribution < -0.4 is 5.43 Å². The number of sulfonamides is 1. The first-order chi connectivity index (χ1) is 15.6.